The summed E-state index contributed by atoms with van der Waals surface area (Å²) < 4.78 is 39.0. The van der Waals surface area contributed by atoms with Crippen molar-refractivity contribution in [1.82, 2.24) is 0 Å². The van der Waals surface area contributed by atoms with Gasteiger partial charge in [0.1, 0.15) is 12.7 Å². The lowest BCUT2D eigenvalue weighted by atomic mass is 9.99. The van der Waals surface area contributed by atoms with Gasteiger partial charge in [-0.25, -0.2) is 0 Å². The largest absolute Gasteiger partial charge is 0.463 e. The second-order valence-electron chi connectivity index (χ2n) is 7.48. The van der Waals surface area contributed by atoms with Gasteiger partial charge in [-0.2, -0.15) is 0 Å². The van der Waals surface area contributed by atoms with Crippen LogP contribution in [0.3, 0.4) is 0 Å². The summed E-state index contributed by atoms with van der Waals surface area (Å²) in [5.41, 5.74) is -1.23. The molecule has 1 saturated heterocycles. The number of carbonyl (C=O) groups excluding carboxylic acids is 4. The van der Waals surface area contributed by atoms with Crippen molar-refractivity contribution < 1.29 is 47.1 Å². The molecule has 0 aromatic carbocycles. The van der Waals surface area contributed by atoms with E-state index in [1.807, 2.05) is 0 Å². The minimum absolute atomic E-state index is 0.352. The lowest BCUT2D eigenvalue weighted by Crippen LogP contribution is -2.64. The van der Waals surface area contributed by atoms with Gasteiger partial charge in [-0.05, 0) is 20.8 Å². The van der Waals surface area contributed by atoms with Gasteiger partial charge >= 0.3 is 23.9 Å². The second-order valence-corrected chi connectivity index (χ2v) is 9.76. The Morgan fingerprint density at radius 1 is 0.793 bits per heavy atom. The molecule has 6 atom stereocenters. The van der Waals surface area contributed by atoms with Crippen LogP contribution in [-0.4, -0.2) is 69.3 Å². The van der Waals surface area contributed by atoms with E-state index in [0.717, 1.165) is 20.8 Å². The normalized spacial score (nSPS) is 28.0. The molecular weight excluding hydrogens is 408 g/mol. The summed E-state index contributed by atoms with van der Waals surface area (Å²) in [4.78, 5) is 46.3. The zero-order valence-electron chi connectivity index (χ0n) is 17.6. The topological polar surface area (TPSA) is 132 Å². The smallest absolute Gasteiger partial charge is 0.303 e. The molecule has 0 radical (unpaired) electrons. The molecule has 0 aromatic rings. The first kappa shape index (κ1) is 25.0. The van der Waals surface area contributed by atoms with Gasteiger partial charge in [-0.15, -0.1) is 0 Å². The Labute approximate surface area is 172 Å². The molecule has 1 fully saturated rings. The van der Waals surface area contributed by atoms with Crippen molar-refractivity contribution in [3.05, 3.63) is 0 Å². The number of esters is 4. The molecule has 0 bridgehead atoms. The maximum absolute atomic E-state index is 13.1. The molecule has 166 valence electrons. The van der Waals surface area contributed by atoms with Crippen molar-refractivity contribution in [2.45, 2.75) is 83.1 Å². The van der Waals surface area contributed by atoms with E-state index in [-0.39, 0.29) is 6.61 Å². The van der Waals surface area contributed by atoms with Crippen LogP contribution in [0.25, 0.3) is 0 Å². The van der Waals surface area contributed by atoms with Crippen LogP contribution in [0.5, 0.6) is 0 Å². The van der Waals surface area contributed by atoms with E-state index >= 15 is 0 Å². The molecule has 0 spiro atoms. The summed E-state index contributed by atoms with van der Waals surface area (Å²) in [6, 6.07) is 0. The Morgan fingerprint density at radius 2 is 1.24 bits per heavy atom. The maximum Gasteiger partial charge on any atom is 0.303 e. The molecule has 0 N–H and O–H groups in total. The van der Waals surface area contributed by atoms with E-state index in [1.165, 1.54) is 6.92 Å². The van der Waals surface area contributed by atoms with Crippen LogP contribution in [0.2, 0.25) is 0 Å². The van der Waals surface area contributed by atoms with Crippen molar-refractivity contribution in [1.29, 1.82) is 0 Å². The molecule has 0 aromatic heterocycles. The first-order chi connectivity index (χ1) is 13.2. The lowest BCUT2D eigenvalue weighted by molar-refractivity contribution is -0.238. The van der Waals surface area contributed by atoms with Crippen molar-refractivity contribution in [2.75, 3.05) is 6.61 Å². The van der Waals surface area contributed by atoms with Crippen LogP contribution in [0, 0.1) is 0 Å². The minimum atomic E-state index is -1.74. The average molecular weight is 436 g/mol. The Kier molecular flexibility index (Phi) is 8.76. The van der Waals surface area contributed by atoms with E-state index < -0.39 is 69.3 Å². The standard InChI is InChI=1S/C18H28O10S/c1-9(19)24-8-13-14(25-10(2)20)15(26-11(3)21)16(27-12(4)22)17(28-13)29(23)18(5,6)7/h13-17H,8H2,1-7H3/t13-,14-,15+,16-,17+,29?/m1/s1. The summed E-state index contributed by atoms with van der Waals surface area (Å²) >= 11 is 0. The molecule has 0 saturated carbocycles. The molecule has 11 heteroatoms. The summed E-state index contributed by atoms with van der Waals surface area (Å²) in [7, 11) is -1.74. The highest BCUT2D eigenvalue weighted by atomic mass is 32.2. The highest BCUT2D eigenvalue weighted by Crippen LogP contribution is 2.33. The second kappa shape index (κ2) is 10.1. The first-order valence-corrected chi connectivity index (χ1v) is 10.2. The molecule has 0 aliphatic carbocycles. The minimum Gasteiger partial charge on any atom is -0.463 e. The average Bonchev–Trinajstić information content (AvgIpc) is 2.54. The number of carbonyl (C=O) groups is 4. The van der Waals surface area contributed by atoms with Crippen molar-refractivity contribution in [3.8, 4) is 0 Å². The van der Waals surface area contributed by atoms with Crippen molar-refractivity contribution >= 4 is 34.7 Å². The molecule has 29 heavy (non-hydrogen) atoms. The zero-order valence-corrected chi connectivity index (χ0v) is 18.4. The van der Waals surface area contributed by atoms with E-state index in [9.17, 15) is 23.4 Å². The van der Waals surface area contributed by atoms with Gasteiger partial charge in [0, 0.05) is 32.4 Å². The number of hydrogen-bond acceptors (Lipinski definition) is 10. The summed E-state index contributed by atoms with van der Waals surface area (Å²) in [5, 5.41) is 0. The first-order valence-electron chi connectivity index (χ1n) is 8.95. The maximum atomic E-state index is 13.1. The fourth-order valence-corrected chi connectivity index (χ4v) is 4.10. The third-order valence-corrected chi connectivity index (χ3v) is 5.77. The molecule has 1 aliphatic heterocycles. The molecular formula is C18H28O10S. The van der Waals surface area contributed by atoms with Crippen LogP contribution >= 0.6 is 0 Å². The fraction of sp³-hybridized carbons (Fsp3) is 0.778. The highest BCUT2D eigenvalue weighted by molar-refractivity contribution is 7.86. The van der Waals surface area contributed by atoms with Crippen molar-refractivity contribution in [3.63, 3.8) is 0 Å². The van der Waals surface area contributed by atoms with Crippen LogP contribution in [0.1, 0.15) is 48.5 Å². The quantitative estimate of drug-likeness (QED) is 0.431. The predicted molar refractivity (Wildman–Crippen MR) is 99.9 cm³/mol. The number of ether oxygens (including phenoxy) is 5. The highest BCUT2D eigenvalue weighted by Gasteiger charge is 2.55. The molecule has 1 rings (SSSR count). The SMILES string of the molecule is CC(=O)OC[C@H]1O[C@@H](S(=O)C(C)(C)C)[C@H](OC(C)=O)[C@@H](OC(C)=O)[C@@H]1OC(C)=O. The Bertz CT molecular complexity index is 668. The summed E-state index contributed by atoms with van der Waals surface area (Å²) in [5.74, 6) is -2.81. The van der Waals surface area contributed by atoms with Gasteiger partial charge < -0.3 is 23.7 Å². The third kappa shape index (κ3) is 7.39. The molecule has 10 nitrogen and oxygen atoms in total. The Balaban J connectivity index is 3.45. The van der Waals surface area contributed by atoms with E-state index in [4.69, 9.17) is 23.7 Å². The summed E-state index contributed by atoms with van der Waals surface area (Å²) in [6.07, 6.45) is -4.98. The lowest BCUT2D eigenvalue weighted by Gasteiger charge is -2.45. The van der Waals surface area contributed by atoms with E-state index in [0.29, 0.717) is 0 Å². The Morgan fingerprint density at radius 3 is 1.66 bits per heavy atom. The molecule has 1 unspecified atom stereocenters. The van der Waals surface area contributed by atoms with Crippen molar-refractivity contribution in [2.24, 2.45) is 0 Å². The Hall–Kier alpha value is -2.01. The van der Waals surface area contributed by atoms with Crippen LogP contribution in [0.4, 0.5) is 0 Å². The summed E-state index contributed by atoms with van der Waals surface area (Å²) in [6.45, 7) is 9.30. The van der Waals surface area contributed by atoms with Crippen LogP contribution < -0.4 is 0 Å². The van der Waals surface area contributed by atoms with Gasteiger partial charge in [0.25, 0.3) is 0 Å². The molecule has 1 aliphatic rings. The number of rotatable bonds is 6. The fourth-order valence-electron chi connectivity index (χ4n) is 2.71. The van der Waals surface area contributed by atoms with Crippen LogP contribution in [-0.2, 0) is 53.7 Å². The third-order valence-electron chi connectivity index (χ3n) is 3.76. The monoisotopic (exact) mass is 436 g/mol. The number of hydrogen-bond donors (Lipinski definition) is 0. The van der Waals surface area contributed by atoms with Gasteiger partial charge in [0.2, 0.25) is 0 Å². The molecule has 0 amide bonds. The predicted octanol–water partition coefficient (Wildman–Crippen LogP) is 0.617. The van der Waals surface area contributed by atoms with Gasteiger partial charge in [-0.1, -0.05) is 0 Å². The van der Waals surface area contributed by atoms with E-state index in [2.05, 4.69) is 0 Å². The van der Waals surface area contributed by atoms with Gasteiger partial charge in [0.15, 0.2) is 23.7 Å². The van der Waals surface area contributed by atoms with E-state index in [1.54, 1.807) is 20.8 Å². The van der Waals surface area contributed by atoms with Gasteiger partial charge in [-0.3, -0.25) is 23.4 Å². The zero-order chi connectivity index (χ0) is 22.5. The molecule has 1 heterocycles. The van der Waals surface area contributed by atoms with Gasteiger partial charge in [0.05, 0.1) is 10.8 Å². The van der Waals surface area contributed by atoms with Crippen LogP contribution in [0.15, 0.2) is 0 Å².